The van der Waals surface area contributed by atoms with Crippen LogP contribution in [0.3, 0.4) is 0 Å². The molecule has 2 fully saturated rings. The number of hydrogen-bond acceptors (Lipinski definition) is 3. The van der Waals surface area contributed by atoms with Crippen LogP contribution in [0.1, 0.15) is 46.0 Å². The minimum Gasteiger partial charge on any atom is -0.481 e. The fourth-order valence-electron chi connectivity index (χ4n) is 3.55. The van der Waals surface area contributed by atoms with Crippen molar-refractivity contribution in [1.82, 2.24) is 4.31 Å². The molecule has 0 spiro atoms. The maximum atomic E-state index is 12.6. The summed E-state index contributed by atoms with van der Waals surface area (Å²) in [5.41, 5.74) is -0.137. The molecule has 1 N–H and O–H groups in total. The second-order valence-electron chi connectivity index (χ2n) is 6.87. The van der Waals surface area contributed by atoms with E-state index in [2.05, 4.69) is 6.92 Å². The normalized spacial score (nSPS) is 31.3. The van der Waals surface area contributed by atoms with E-state index in [1.54, 1.807) is 0 Å². The Morgan fingerprint density at radius 1 is 1.25 bits per heavy atom. The van der Waals surface area contributed by atoms with Crippen LogP contribution in [-0.4, -0.2) is 42.6 Å². The molecule has 2 atom stereocenters. The van der Waals surface area contributed by atoms with Crippen LogP contribution in [0.5, 0.6) is 0 Å². The van der Waals surface area contributed by atoms with Crippen molar-refractivity contribution < 1.29 is 18.3 Å². The number of aliphatic carboxylic acids is 1. The molecule has 1 aliphatic carbocycles. The highest BCUT2D eigenvalue weighted by molar-refractivity contribution is 7.89. The molecule has 2 rings (SSSR count). The lowest BCUT2D eigenvalue weighted by atomic mass is 9.77. The third-order valence-corrected chi connectivity index (χ3v) is 7.03. The molecule has 2 aliphatic rings. The van der Waals surface area contributed by atoms with Gasteiger partial charge in [0.25, 0.3) is 0 Å². The molecule has 0 amide bonds. The van der Waals surface area contributed by atoms with Crippen molar-refractivity contribution in [2.75, 3.05) is 18.8 Å². The Morgan fingerprint density at radius 3 is 2.35 bits per heavy atom. The second-order valence-corrected chi connectivity index (χ2v) is 8.84. The lowest BCUT2D eigenvalue weighted by Gasteiger charge is -2.34. The van der Waals surface area contributed by atoms with Gasteiger partial charge in [-0.15, -0.1) is 0 Å². The fraction of sp³-hybridized carbons (Fsp3) is 0.929. The number of carbonyl (C=O) groups is 1. The maximum Gasteiger partial charge on any atom is 0.308 e. The molecule has 1 saturated heterocycles. The SMILES string of the molecule is C[C@@H]1CN(S(=O)(=O)CC2(C)CCCCC2)C[C@H]1C(=O)O. The third-order valence-electron chi connectivity index (χ3n) is 4.88. The van der Waals surface area contributed by atoms with E-state index in [0.717, 1.165) is 25.7 Å². The second kappa shape index (κ2) is 5.64. The predicted octanol–water partition coefficient (Wildman–Crippen LogP) is 1.94. The van der Waals surface area contributed by atoms with E-state index in [0.29, 0.717) is 6.54 Å². The first kappa shape index (κ1) is 15.8. The zero-order valence-electron chi connectivity index (χ0n) is 12.3. The summed E-state index contributed by atoms with van der Waals surface area (Å²) in [6.07, 6.45) is 5.30. The van der Waals surface area contributed by atoms with Crippen LogP contribution in [0.2, 0.25) is 0 Å². The minimum atomic E-state index is -3.35. The lowest BCUT2D eigenvalue weighted by molar-refractivity contribution is -0.142. The number of rotatable bonds is 4. The topological polar surface area (TPSA) is 74.7 Å². The smallest absolute Gasteiger partial charge is 0.308 e. The van der Waals surface area contributed by atoms with Gasteiger partial charge in [-0.3, -0.25) is 4.79 Å². The van der Waals surface area contributed by atoms with Crippen molar-refractivity contribution >= 4 is 16.0 Å². The van der Waals surface area contributed by atoms with Crippen LogP contribution in [0.15, 0.2) is 0 Å². The van der Waals surface area contributed by atoms with Crippen molar-refractivity contribution in [2.45, 2.75) is 46.0 Å². The minimum absolute atomic E-state index is 0.110. The number of carboxylic acids is 1. The summed E-state index contributed by atoms with van der Waals surface area (Å²) >= 11 is 0. The standard InChI is InChI=1S/C14H25NO4S/c1-11-8-15(9-12(11)13(16)17)20(18,19)10-14(2)6-4-3-5-7-14/h11-12H,3-10H2,1-2H3,(H,16,17)/t11-,12-/m1/s1. The third kappa shape index (κ3) is 3.34. The maximum absolute atomic E-state index is 12.6. The molecule has 0 aromatic rings. The number of sulfonamides is 1. The molecule has 0 bridgehead atoms. The first-order valence-electron chi connectivity index (χ1n) is 7.44. The van der Waals surface area contributed by atoms with Crippen molar-refractivity contribution in [3.05, 3.63) is 0 Å². The van der Waals surface area contributed by atoms with Crippen molar-refractivity contribution in [3.8, 4) is 0 Å². The molecule has 1 aliphatic heterocycles. The molecule has 116 valence electrons. The van der Waals surface area contributed by atoms with Gasteiger partial charge in [-0.25, -0.2) is 12.7 Å². The van der Waals surface area contributed by atoms with Gasteiger partial charge in [-0.2, -0.15) is 0 Å². The summed E-state index contributed by atoms with van der Waals surface area (Å²) in [7, 11) is -3.35. The van der Waals surface area contributed by atoms with Crippen LogP contribution in [0.4, 0.5) is 0 Å². The molecule has 0 aromatic carbocycles. The van der Waals surface area contributed by atoms with E-state index >= 15 is 0 Å². The van der Waals surface area contributed by atoms with E-state index in [1.165, 1.54) is 10.7 Å². The Kier molecular flexibility index (Phi) is 4.44. The molecular weight excluding hydrogens is 278 g/mol. The van der Waals surface area contributed by atoms with Gasteiger partial charge < -0.3 is 5.11 Å². The van der Waals surface area contributed by atoms with Gasteiger partial charge in [0.15, 0.2) is 0 Å². The van der Waals surface area contributed by atoms with Crippen LogP contribution < -0.4 is 0 Å². The van der Waals surface area contributed by atoms with Crippen LogP contribution >= 0.6 is 0 Å². The predicted molar refractivity (Wildman–Crippen MR) is 76.8 cm³/mol. The fourth-order valence-corrected chi connectivity index (χ4v) is 5.75. The lowest BCUT2D eigenvalue weighted by Crippen LogP contribution is -2.39. The Bertz CT molecular complexity index is 468. The first-order valence-corrected chi connectivity index (χ1v) is 9.05. The number of hydrogen-bond donors (Lipinski definition) is 1. The van der Waals surface area contributed by atoms with Gasteiger partial charge in [0.2, 0.25) is 10.0 Å². The first-order chi connectivity index (χ1) is 9.23. The number of carboxylic acid groups (broad SMARTS) is 1. The van der Waals surface area contributed by atoms with E-state index in [1.807, 2.05) is 6.92 Å². The largest absolute Gasteiger partial charge is 0.481 e. The Balaban J connectivity index is 2.06. The monoisotopic (exact) mass is 303 g/mol. The molecule has 20 heavy (non-hydrogen) atoms. The van der Waals surface area contributed by atoms with E-state index < -0.39 is 21.9 Å². The molecule has 0 aromatic heterocycles. The van der Waals surface area contributed by atoms with Crippen molar-refractivity contribution in [3.63, 3.8) is 0 Å². The molecule has 5 nitrogen and oxygen atoms in total. The highest BCUT2D eigenvalue weighted by Gasteiger charge is 2.42. The molecule has 0 radical (unpaired) electrons. The zero-order chi connectivity index (χ0) is 15.0. The molecule has 6 heteroatoms. The Hall–Kier alpha value is -0.620. The van der Waals surface area contributed by atoms with E-state index in [9.17, 15) is 13.2 Å². The van der Waals surface area contributed by atoms with E-state index in [-0.39, 0.29) is 23.6 Å². The summed E-state index contributed by atoms with van der Waals surface area (Å²) in [5, 5.41) is 9.12. The summed E-state index contributed by atoms with van der Waals surface area (Å²) in [5.74, 6) is -1.40. The van der Waals surface area contributed by atoms with Gasteiger partial charge in [0.05, 0.1) is 11.7 Å². The highest BCUT2D eigenvalue weighted by Crippen LogP contribution is 2.38. The van der Waals surface area contributed by atoms with E-state index in [4.69, 9.17) is 5.11 Å². The molecule has 0 unspecified atom stereocenters. The quantitative estimate of drug-likeness (QED) is 0.861. The summed E-state index contributed by atoms with van der Waals surface area (Å²) in [6.45, 7) is 4.35. The summed E-state index contributed by atoms with van der Waals surface area (Å²) < 4.78 is 26.5. The molecular formula is C14H25NO4S. The van der Waals surface area contributed by atoms with Gasteiger partial charge in [-0.05, 0) is 24.2 Å². The molecule has 1 heterocycles. The average molecular weight is 303 g/mol. The van der Waals surface area contributed by atoms with Gasteiger partial charge >= 0.3 is 5.97 Å². The Labute approximate surface area is 121 Å². The molecule has 1 saturated carbocycles. The van der Waals surface area contributed by atoms with Gasteiger partial charge in [-0.1, -0.05) is 33.1 Å². The average Bonchev–Trinajstić information content (AvgIpc) is 2.72. The van der Waals surface area contributed by atoms with Crippen LogP contribution in [0.25, 0.3) is 0 Å². The number of nitrogens with zero attached hydrogens (tertiary/aromatic N) is 1. The van der Waals surface area contributed by atoms with Crippen molar-refractivity contribution in [1.29, 1.82) is 0 Å². The summed E-state index contributed by atoms with van der Waals surface area (Å²) in [4.78, 5) is 11.1. The summed E-state index contributed by atoms with van der Waals surface area (Å²) in [6, 6.07) is 0. The Morgan fingerprint density at radius 2 is 1.85 bits per heavy atom. The zero-order valence-corrected chi connectivity index (χ0v) is 13.2. The van der Waals surface area contributed by atoms with Crippen LogP contribution in [0, 0.1) is 17.3 Å². The van der Waals surface area contributed by atoms with Crippen molar-refractivity contribution in [2.24, 2.45) is 17.3 Å². The van der Waals surface area contributed by atoms with Gasteiger partial charge in [0, 0.05) is 13.1 Å². The van der Waals surface area contributed by atoms with Crippen LogP contribution in [-0.2, 0) is 14.8 Å². The van der Waals surface area contributed by atoms with Gasteiger partial charge in [0.1, 0.15) is 0 Å². The highest BCUT2D eigenvalue weighted by atomic mass is 32.2.